The van der Waals surface area contributed by atoms with Crippen molar-refractivity contribution in [3.05, 3.63) is 12.2 Å². The lowest BCUT2D eigenvalue weighted by Gasteiger charge is -2.21. The zero-order valence-corrected chi connectivity index (χ0v) is 9.78. The summed E-state index contributed by atoms with van der Waals surface area (Å²) in [5.41, 5.74) is 1.41. The molecule has 0 aromatic heterocycles. The van der Waals surface area contributed by atoms with Crippen molar-refractivity contribution in [2.24, 2.45) is 0 Å². The van der Waals surface area contributed by atoms with Gasteiger partial charge in [0.05, 0.1) is 5.75 Å². The van der Waals surface area contributed by atoms with Gasteiger partial charge in [-0.1, -0.05) is 12.2 Å². The van der Waals surface area contributed by atoms with Crippen molar-refractivity contribution >= 4 is 15.9 Å². The van der Waals surface area contributed by atoms with Gasteiger partial charge in [0, 0.05) is 7.05 Å². The second-order valence-corrected chi connectivity index (χ2v) is 5.09. The number of nitrogens with zero attached hydrogens (tertiary/aromatic N) is 1. The van der Waals surface area contributed by atoms with Crippen molar-refractivity contribution in [3.8, 4) is 0 Å². The predicted octanol–water partition coefficient (Wildman–Crippen LogP) is -0.282. The molecular weight excluding hydrogens is 220 g/mol. The Bertz CT molecular complexity index is 337. The Morgan fingerprint density at radius 1 is 1.60 bits per heavy atom. The molecule has 0 fully saturated rings. The molecule has 0 heterocycles. The second kappa shape index (κ2) is 5.84. The van der Waals surface area contributed by atoms with E-state index in [0.717, 1.165) is 4.31 Å². The molecule has 0 rings (SSSR count). The third-order valence-electron chi connectivity index (χ3n) is 2.02. The molecule has 0 aliphatic carbocycles. The molecule has 7 heteroatoms. The summed E-state index contributed by atoms with van der Waals surface area (Å²) >= 11 is 0. The van der Waals surface area contributed by atoms with Crippen molar-refractivity contribution in [1.82, 2.24) is 9.79 Å². The van der Waals surface area contributed by atoms with Crippen LogP contribution in [0.2, 0.25) is 0 Å². The number of likely N-dealkylation sites (N-methyl/N-ethyl adjacent to an activating group) is 1. The van der Waals surface area contributed by atoms with Crippen LogP contribution >= 0.6 is 0 Å². The molecule has 0 radical (unpaired) electrons. The number of carbonyl (C=O) groups is 1. The van der Waals surface area contributed by atoms with Crippen LogP contribution in [0, 0.1) is 0 Å². The van der Waals surface area contributed by atoms with Crippen LogP contribution in [-0.2, 0) is 14.8 Å². The highest BCUT2D eigenvalue weighted by atomic mass is 32.2. The monoisotopic (exact) mass is 236 g/mol. The van der Waals surface area contributed by atoms with Gasteiger partial charge in [-0.3, -0.25) is 10.0 Å². The maximum absolute atomic E-state index is 11.6. The molecule has 0 aliphatic heterocycles. The zero-order chi connectivity index (χ0) is 12.1. The molecule has 6 nitrogen and oxygen atoms in total. The maximum Gasteiger partial charge on any atom is 0.261 e. The Balaban J connectivity index is 4.69. The number of rotatable bonds is 5. The Morgan fingerprint density at radius 2 is 2.13 bits per heavy atom. The van der Waals surface area contributed by atoms with Gasteiger partial charge in [0.25, 0.3) is 5.91 Å². The molecule has 0 saturated carbocycles. The minimum absolute atomic E-state index is 0.164. The van der Waals surface area contributed by atoms with E-state index < -0.39 is 22.0 Å². The van der Waals surface area contributed by atoms with Gasteiger partial charge in [-0.25, -0.2) is 13.9 Å². The number of hydrogen-bond acceptors (Lipinski definition) is 4. The molecule has 1 unspecified atom stereocenters. The molecule has 0 saturated heterocycles. The number of hydroxylamine groups is 1. The number of allylic oxidation sites excluding steroid dienone is 1. The fourth-order valence-corrected chi connectivity index (χ4v) is 2.08. The van der Waals surface area contributed by atoms with Gasteiger partial charge >= 0.3 is 0 Å². The van der Waals surface area contributed by atoms with Gasteiger partial charge in [-0.05, 0) is 13.8 Å². The summed E-state index contributed by atoms with van der Waals surface area (Å²) in [7, 11) is -2.21. The SMILES string of the molecule is C/C=C/CS(=O)(=O)N(C)C(C)C(=O)NO. The van der Waals surface area contributed by atoms with E-state index in [4.69, 9.17) is 5.21 Å². The van der Waals surface area contributed by atoms with Crippen LogP contribution in [0.5, 0.6) is 0 Å². The van der Waals surface area contributed by atoms with E-state index in [0.29, 0.717) is 0 Å². The summed E-state index contributed by atoms with van der Waals surface area (Å²) in [6.07, 6.45) is 3.09. The quantitative estimate of drug-likeness (QED) is 0.390. The summed E-state index contributed by atoms with van der Waals surface area (Å²) < 4.78 is 24.0. The molecular formula is C8H16N2O4S. The average Bonchev–Trinajstić information content (AvgIpc) is 2.23. The van der Waals surface area contributed by atoms with Crippen molar-refractivity contribution in [1.29, 1.82) is 0 Å². The van der Waals surface area contributed by atoms with Crippen LogP contribution in [0.3, 0.4) is 0 Å². The number of amides is 1. The van der Waals surface area contributed by atoms with Gasteiger partial charge in [-0.15, -0.1) is 0 Å². The highest BCUT2D eigenvalue weighted by Crippen LogP contribution is 2.05. The Kier molecular flexibility index (Phi) is 5.48. The normalized spacial score (nSPS) is 14.5. The maximum atomic E-state index is 11.6. The lowest BCUT2D eigenvalue weighted by Crippen LogP contribution is -2.45. The smallest absolute Gasteiger partial charge is 0.261 e. The first kappa shape index (κ1) is 14.1. The summed E-state index contributed by atoms with van der Waals surface area (Å²) in [5, 5.41) is 8.36. The first-order valence-electron chi connectivity index (χ1n) is 4.37. The largest absolute Gasteiger partial charge is 0.289 e. The molecule has 1 amide bonds. The Morgan fingerprint density at radius 3 is 2.53 bits per heavy atom. The predicted molar refractivity (Wildman–Crippen MR) is 55.8 cm³/mol. The van der Waals surface area contributed by atoms with E-state index in [9.17, 15) is 13.2 Å². The first-order chi connectivity index (χ1) is 6.86. The van der Waals surface area contributed by atoms with E-state index >= 15 is 0 Å². The second-order valence-electron chi connectivity index (χ2n) is 3.02. The standard InChI is InChI=1S/C8H16N2O4S/c1-4-5-6-15(13,14)10(3)7(2)8(11)9-12/h4-5,7,12H,6H2,1-3H3,(H,9,11)/b5-4+. The topological polar surface area (TPSA) is 86.7 Å². The van der Waals surface area contributed by atoms with Gasteiger partial charge in [0.15, 0.2) is 0 Å². The molecule has 0 aromatic carbocycles. The van der Waals surface area contributed by atoms with Gasteiger partial charge in [0.1, 0.15) is 6.04 Å². The highest BCUT2D eigenvalue weighted by molar-refractivity contribution is 7.89. The molecule has 0 aliphatic rings. The molecule has 0 spiro atoms. The Labute approximate surface area is 89.6 Å². The Hall–Kier alpha value is -0.920. The van der Waals surface area contributed by atoms with Crippen molar-refractivity contribution < 1.29 is 18.4 Å². The third kappa shape index (κ3) is 3.98. The van der Waals surface area contributed by atoms with Gasteiger partial charge < -0.3 is 0 Å². The zero-order valence-electron chi connectivity index (χ0n) is 8.97. The number of nitrogens with one attached hydrogen (secondary N) is 1. The van der Waals surface area contributed by atoms with E-state index in [-0.39, 0.29) is 5.75 Å². The van der Waals surface area contributed by atoms with Gasteiger partial charge in [-0.2, -0.15) is 4.31 Å². The summed E-state index contributed by atoms with van der Waals surface area (Å²) in [4.78, 5) is 11.0. The van der Waals surface area contributed by atoms with E-state index in [2.05, 4.69) is 0 Å². The van der Waals surface area contributed by atoms with E-state index in [1.807, 2.05) is 0 Å². The van der Waals surface area contributed by atoms with Gasteiger partial charge in [0.2, 0.25) is 10.0 Å². The summed E-state index contributed by atoms with van der Waals surface area (Å²) in [6, 6.07) is -0.940. The minimum Gasteiger partial charge on any atom is -0.289 e. The third-order valence-corrected chi connectivity index (χ3v) is 3.82. The summed E-state index contributed by atoms with van der Waals surface area (Å²) in [6.45, 7) is 3.10. The average molecular weight is 236 g/mol. The van der Waals surface area contributed by atoms with Crippen LogP contribution in [0.25, 0.3) is 0 Å². The van der Waals surface area contributed by atoms with E-state index in [1.54, 1.807) is 13.0 Å². The number of sulfonamides is 1. The van der Waals surface area contributed by atoms with E-state index in [1.165, 1.54) is 25.5 Å². The lowest BCUT2D eigenvalue weighted by atomic mass is 10.3. The van der Waals surface area contributed by atoms with Crippen molar-refractivity contribution in [3.63, 3.8) is 0 Å². The lowest BCUT2D eigenvalue weighted by molar-refractivity contribution is -0.132. The fraction of sp³-hybridized carbons (Fsp3) is 0.625. The summed E-state index contributed by atoms with van der Waals surface area (Å²) in [5.74, 6) is -0.926. The van der Waals surface area contributed by atoms with Crippen molar-refractivity contribution in [2.45, 2.75) is 19.9 Å². The minimum atomic E-state index is -3.50. The highest BCUT2D eigenvalue weighted by Gasteiger charge is 2.26. The first-order valence-corrected chi connectivity index (χ1v) is 5.98. The van der Waals surface area contributed by atoms with Crippen LogP contribution in [0.4, 0.5) is 0 Å². The van der Waals surface area contributed by atoms with Crippen LogP contribution < -0.4 is 5.48 Å². The molecule has 2 N–H and O–H groups in total. The van der Waals surface area contributed by atoms with Crippen LogP contribution in [-0.4, -0.2) is 42.7 Å². The molecule has 88 valence electrons. The van der Waals surface area contributed by atoms with Crippen LogP contribution in [0.15, 0.2) is 12.2 Å². The molecule has 0 aromatic rings. The number of carbonyl (C=O) groups excluding carboxylic acids is 1. The molecule has 15 heavy (non-hydrogen) atoms. The van der Waals surface area contributed by atoms with Crippen molar-refractivity contribution in [2.75, 3.05) is 12.8 Å². The van der Waals surface area contributed by atoms with Crippen LogP contribution in [0.1, 0.15) is 13.8 Å². The molecule has 0 bridgehead atoms. The fourth-order valence-electron chi connectivity index (χ4n) is 0.835. The molecule has 1 atom stereocenters. The number of hydrogen-bond donors (Lipinski definition) is 2.